The fraction of sp³-hybridized carbons (Fsp3) is 0.500. The van der Waals surface area contributed by atoms with Gasteiger partial charge in [-0.2, -0.15) is 5.26 Å². The third kappa shape index (κ3) is 5.53. The highest BCUT2D eigenvalue weighted by Gasteiger charge is 2.51. The van der Waals surface area contributed by atoms with Crippen LogP contribution in [0.4, 0.5) is 4.79 Å². The Bertz CT molecular complexity index is 951. The highest BCUT2D eigenvalue weighted by atomic mass is 28.4. The summed E-state index contributed by atoms with van der Waals surface area (Å²) in [7, 11) is -2.71. The summed E-state index contributed by atoms with van der Waals surface area (Å²) < 4.78 is 12.8. The summed E-state index contributed by atoms with van der Waals surface area (Å²) in [5.74, 6) is 0. The molecule has 0 N–H and O–H groups in total. The zero-order valence-corrected chi connectivity index (χ0v) is 22.4. The Morgan fingerprint density at radius 1 is 0.941 bits per heavy atom. The van der Waals surface area contributed by atoms with Crippen LogP contribution in [0.5, 0.6) is 0 Å². The van der Waals surface area contributed by atoms with E-state index in [1.807, 2.05) is 32.9 Å². The molecule has 1 heterocycles. The summed E-state index contributed by atoms with van der Waals surface area (Å²) in [4.78, 5) is 14.9. The van der Waals surface area contributed by atoms with E-state index in [0.717, 1.165) is 12.8 Å². The van der Waals surface area contributed by atoms with Crippen LogP contribution in [-0.2, 0) is 9.16 Å². The second kappa shape index (κ2) is 10.3. The Labute approximate surface area is 205 Å². The van der Waals surface area contributed by atoms with Crippen LogP contribution in [0.15, 0.2) is 60.7 Å². The molecular formula is C28H38N2O3Si. The van der Waals surface area contributed by atoms with E-state index in [9.17, 15) is 10.1 Å². The van der Waals surface area contributed by atoms with E-state index >= 15 is 0 Å². The van der Waals surface area contributed by atoms with Gasteiger partial charge < -0.3 is 9.16 Å². The van der Waals surface area contributed by atoms with Crippen molar-refractivity contribution in [1.29, 1.82) is 5.26 Å². The van der Waals surface area contributed by atoms with Crippen molar-refractivity contribution in [1.82, 2.24) is 4.90 Å². The van der Waals surface area contributed by atoms with Crippen molar-refractivity contribution in [3.05, 3.63) is 60.7 Å². The molecule has 1 amide bonds. The van der Waals surface area contributed by atoms with Crippen LogP contribution in [0.25, 0.3) is 0 Å². The van der Waals surface area contributed by atoms with Crippen molar-refractivity contribution >= 4 is 24.8 Å². The molecular weight excluding hydrogens is 440 g/mol. The van der Waals surface area contributed by atoms with E-state index in [1.54, 1.807) is 4.90 Å². The van der Waals surface area contributed by atoms with Gasteiger partial charge in [0.2, 0.25) is 0 Å². The second-order valence-corrected chi connectivity index (χ2v) is 15.4. The number of nitrogens with zero attached hydrogens (tertiary/aromatic N) is 2. The minimum absolute atomic E-state index is 0.130. The van der Waals surface area contributed by atoms with Gasteiger partial charge in [-0.1, -0.05) is 81.4 Å². The number of rotatable bonds is 6. The van der Waals surface area contributed by atoms with Crippen molar-refractivity contribution in [2.75, 3.05) is 6.61 Å². The molecule has 1 aliphatic rings. The minimum Gasteiger partial charge on any atom is -0.444 e. The lowest BCUT2D eigenvalue weighted by Crippen LogP contribution is -2.67. The molecule has 2 atom stereocenters. The first-order valence-corrected chi connectivity index (χ1v) is 14.0. The first-order valence-electron chi connectivity index (χ1n) is 12.1. The van der Waals surface area contributed by atoms with Gasteiger partial charge in [-0.05, 0) is 49.0 Å². The maximum Gasteiger partial charge on any atom is 0.410 e. The summed E-state index contributed by atoms with van der Waals surface area (Å²) in [5.41, 5.74) is -0.597. The molecule has 0 aromatic heterocycles. The average molecular weight is 479 g/mol. The quantitative estimate of drug-likeness (QED) is 0.532. The lowest BCUT2D eigenvalue weighted by molar-refractivity contribution is 0.0102. The molecule has 1 aliphatic heterocycles. The molecule has 2 aromatic carbocycles. The predicted octanol–water partition coefficient (Wildman–Crippen LogP) is 5.24. The molecule has 0 spiro atoms. The molecule has 1 saturated heterocycles. The number of hydrogen-bond acceptors (Lipinski definition) is 4. The number of carbonyl (C=O) groups is 1. The molecule has 0 radical (unpaired) electrons. The van der Waals surface area contributed by atoms with Gasteiger partial charge in [0.25, 0.3) is 8.32 Å². The van der Waals surface area contributed by atoms with Crippen molar-refractivity contribution < 1.29 is 14.0 Å². The van der Waals surface area contributed by atoms with Gasteiger partial charge in [-0.25, -0.2) is 4.79 Å². The van der Waals surface area contributed by atoms with Gasteiger partial charge >= 0.3 is 6.09 Å². The third-order valence-corrected chi connectivity index (χ3v) is 11.5. The maximum absolute atomic E-state index is 13.2. The van der Waals surface area contributed by atoms with E-state index < -0.39 is 13.9 Å². The van der Waals surface area contributed by atoms with Crippen LogP contribution < -0.4 is 10.4 Å². The van der Waals surface area contributed by atoms with Crippen molar-refractivity contribution in [2.24, 2.45) is 0 Å². The topological polar surface area (TPSA) is 62.6 Å². The lowest BCUT2D eigenvalue weighted by atomic mass is 10.1. The molecule has 3 rings (SSSR count). The highest BCUT2D eigenvalue weighted by molar-refractivity contribution is 6.99. The Balaban J connectivity index is 1.99. The molecule has 1 fully saturated rings. The van der Waals surface area contributed by atoms with Crippen LogP contribution in [0.1, 0.15) is 60.8 Å². The SMILES string of the molecule is CC(C)(C)OC(=O)N1[C@@H](CC#N)CC[C@H]1CO[Si](c1ccccc1)(c1ccccc1)C(C)(C)C. The van der Waals surface area contributed by atoms with Gasteiger partial charge in [-0.15, -0.1) is 0 Å². The molecule has 182 valence electrons. The van der Waals surface area contributed by atoms with Crippen molar-refractivity contribution in [2.45, 2.75) is 83.5 Å². The minimum atomic E-state index is -2.71. The fourth-order valence-electron chi connectivity index (χ4n) is 5.03. The Kier molecular flexibility index (Phi) is 7.90. The van der Waals surface area contributed by atoms with Crippen LogP contribution in [0, 0.1) is 11.3 Å². The zero-order valence-electron chi connectivity index (χ0n) is 21.4. The molecule has 2 aromatic rings. The molecule has 6 heteroatoms. The van der Waals surface area contributed by atoms with Gasteiger partial charge in [0.15, 0.2) is 0 Å². The largest absolute Gasteiger partial charge is 0.444 e. The smallest absolute Gasteiger partial charge is 0.410 e. The standard InChI is InChI=1S/C28H38N2O3Si/c1-27(2,3)33-26(31)30-22(19-20-29)17-18-23(30)21-32-34(28(4,5)6,24-13-9-7-10-14-24)25-15-11-8-12-16-25/h7-16,22-23H,17-19,21H2,1-6H3/t22-,23+/m1/s1. The first-order chi connectivity index (χ1) is 16.0. The summed E-state index contributed by atoms with van der Waals surface area (Å²) in [6.45, 7) is 12.8. The maximum atomic E-state index is 13.2. The van der Waals surface area contributed by atoms with Crippen molar-refractivity contribution in [3.8, 4) is 6.07 Å². The number of carbonyl (C=O) groups excluding carboxylic acids is 1. The molecule has 0 aliphatic carbocycles. The average Bonchev–Trinajstić information content (AvgIpc) is 3.16. The summed E-state index contributed by atoms with van der Waals surface area (Å²) in [6.07, 6.45) is 1.52. The van der Waals surface area contributed by atoms with E-state index in [-0.39, 0.29) is 23.2 Å². The van der Waals surface area contributed by atoms with Crippen LogP contribution >= 0.6 is 0 Å². The highest BCUT2D eigenvalue weighted by Crippen LogP contribution is 2.38. The lowest BCUT2D eigenvalue weighted by Gasteiger charge is -2.44. The predicted molar refractivity (Wildman–Crippen MR) is 139 cm³/mol. The van der Waals surface area contributed by atoms with Gasteiger partial charge in [0.1, 0.15) is 5.60 Å². The van der Waals surface area contributed by atoms with Crippen LogP contribution in [0.3, 0.4) is 0 Å². The Morgan fingerprint density at radius 3 is 1.88 bits per heavy atom. The number of amides is 1. The third-order valence-electron chi connectivity index (χ3n) is 6.46. The normalized spacial score (nSPS) is 19.0. The van der Waals surface area contributed by atoms with Gasteiger partial charge in [0, 0.05) is 6.04 Å². The Morgan fingerprint density at radius 2 is 1.44 bits per heavy atom. The second-order valence-electron chi connectivity index (χ2n) is 11.1. The first kappa shape index (κ1) is 26.0. The number of benzene rings is 2. The van der Waals surface area contributed by atoms with Crippen LogP contribution in [0.2, 0.25) is 5.04 Å². The molecule has 0 saturated carbocycles. The Hall–Kier alpha value is -2.62. The van der Waals surface area contributed by atoms with E-state index in [2.05, 4.69) is 75.4 Å². The number of ether oxygens (including phenoxy) is 1. The number of nitriles is 1. The van der Waals surface area contributed by atoms with E-state index in [0.29, 0.717) is 13.0 Å². The fourth-order valence-corrected chi connectivity index (χ4v) is 9.62. The molecule has 5 nitrogen and oxygen atoms in total. The summed E-state index contributed by atoms with van der Waals surface area (Å²) in [5, 5.41) is 11.6. The van der Waals surface area contributed by atoms with E-state index in [4.69, 9.17) is 9.16 Å². The monoisotopic (exact) mass is 478 g/mol. The van der Waals surface area contributed by atoms with Crippen LogP contribution in [-0.4, -0.2) is 43.6 Å². The number of hydrogen-bond donors (Lipinski definition) is 0. The molecule has 0 bridgehead atoms. The van der Waals surface area contributed by atoms with Gasteiger partial charge in [-0.3, -0.25) is 4.90 Å². The number of likely N-dealkylation sites (tertiary alicyclic amines) is 1. The molecule has 0 unspecified atom stereocenters. The summed E-state index contributed by atoms with van der Waals surface area (Å²) >= 11 is 0. The zero-order chi connectivity index (χ0) is 25.0. The van der Waals surface area contributed by atoms with Crippen molar-refractivity contribution in [3.63, 3.8) is 0 Å². The summed E-state index contributed by atoms with van der Waals surface area (Å²) in [6, 6.07) is 23.0. The van der Waals surface area contributed by atoms with E-state index in [1.165, 1.54) is 10.4 Å². The van der Waals surface area contributed by atoms with Gasteiger partial charge in [0.05, 0.1) is 25.1 Å². The molecule has 34 heavy (non-hydrogen) atoms.